The second-order valence-corrected chi connectivity index (χ2v) is 10.5. The molecular weight excluding hydrogens is 577 g/mol. The summed E-state index contributed by atoms with van der Waals surface area (Å²) in [5.41, 5.74) is -1.66. The van der Waals surface area contributed by atoms with E-state index in [1.807, 2.05) is 0 Å². The normalized spacial score (nSPS) is 28.3. The molecule has 2 aromatic rings. The van der Waals surface area contributed by atoms with Crippen LogP contribution >= 0.6 is 0 Å². The number of aromatic nitrogens is 1. The van der Waals surface area contributed by atoms with Crippen LogP contribution < -0.4 is 16.0 Å². The maximum Gasteiger partial charge on any atom is 0.312 e. The molecule has 5 N–H and O–H groups in total. The van der Waals surface area contributed by atoms with Gasteiger partial charge < -0.3 is 35.6 Å². The van der Waals surface area contributed by atoms with Crippen molar-refractivity contribution < 1.29 is 52.0 Å². The minimum absolute atomic E-state index is 0.204. The van der Waals surface area contributed by atoms with Crippen molar-refractivity contribution in [1.29, 1.82) is 0 Å². The van der Waals surface area contributed by atoms with E-state index in [2.05, 4.69) is 20.9 Å². The molecule has 15 heteroatoms. The summed E-state index contributed by atoms with van der Waals surface area (Å²) in [6.07, 6.45) is -4.69. The molecule has 2 aliphatic rings. The van der Waals surface area contributed by atoms with Crippen molar-refractivity contribution in [3.8, 4) is 5.75 Å². The number of aliphatic hydroxyl groups is 1. The molecule has 0 saturated carbocycles. The third kappa shape index (κ3) is 6.72. The molecular formula is C28H31F3N4O8. The molecule has 1 aromatic heterocycles. The number of aromatic hydroxyl groups is 1. The number of esters is 1. The number of hydrogen-bond acceptors (Lipinski definition) is 9. The van der Waals surface area contributed by atoms with Crippen LogP contribution in [0.2, 0.25) is 0 Å². The number of pyridine rings is 1. The number of rotatable bonds is 5. The average molecular weight is 609 g/mol. The van der Waals surface area contributed by atoms with E-state index in [9.17, 15) is 42.6 Å². The second kappa shape index (κ2) is 13.0. The average Bonchev–Trinajstić information content (AvgIpc) is 2.93. The van der Waals surface area contributed by atoms with Crippen molar-refractivity contribution >= 4 is 23.7 Å². The van der Waals surface area contributed by atoms with Crippen LogP contribution in [0, 0.1) is 30.4 Å². The number of amides is 3. The highest BCUT2D eigenvalue weighted by atomic mass is 19.2. The van der Waals surface area contributed by atoms with Gasteiger partial charge in [0.25, 0.3) is 11.8 Å². The van der Waals surface area contributed by atoms with Gasteiger partial charge in [-0.1, -0.05) is 12.1 Å². The van der Waals surface area contributed by atoms with Gasteiger partial charge in [-0.15, -0.1) is 0 Å². The summed E-state index contributed by atoms with van der Waals surface area (Å²) in [4.78, 5) is 56.2. The fraction of sp³-hybridized carbons (Fsp3) is 0.464. The van der Waals surface area contributed by atoms with Gasteiger partial charge in [0.05, 0.1) is 35.4 Å². The zero-order valence-corrected chi connectivity index (χ0v) is 23.4. The van der Waals surface area contributed by atoms with Crippen LogP contribution in [0.15, 0.2) is 24.3 Å². The number of aryl methyl sites for hydroxylation is 1. The maximum absolute atomic E-state index is 14.8. The predicted molar refractivity (Wildman–Crippen MR) is 141 cm³/mol. The number of ether oxygens (including phenoxy) is 2. The van der Waals surface area contributed by atoms with Crippen molar-refractivity contribution in [1.82, 2.24) is 20.9 Å². The van der Waals surface area contributed by atoms with Gasteiger partial charge in [0, 0.05) is 25.0 Å². The Morgan fingerprint density at radius 1 is 1.09 bits per heavy atom. The third-order valence-electron chi connectivity index (χ3n) is 7.50. The molecule has 0 bridgehead atoms. The number of cyclic esters (lactones) is 1. The van der Waals surface area contributed by atoms with Crippen LogP contribution in [0.5, 0.6) is 5.75 Å². The van der Waals surface area contributed by atoms with Crippen LogP contribution in [0.4, 0.5) is 13.2 Å². The number of carbonyl (C=O) groups excluding carboxylic acids is 4. The van der Waals surface area contributed by atoms with Gasteiger partial charge in [-0.25, -0.2) is 13.8 Å². The number of nitrogens with one attached hydrogen (secondary N) is 3. The molecule has 7 unspecified atom stereocenters. The lowest BCUT2D eigenvalue weighted by Gasteiger charge is -2.37. The molecule has 7 atom stereocenters. The lowest BCUT2D eigenvalue weighted by atomic mass is 9.91. The monoisotopic (exact) mass is 608 g/mol. The number of para-hydroxylation sites is 1. The fourth-order valence-corrected chi connectivity index (χ4v) is 4.77. The molecule has 2 fully saturated rings. The molecule has 2 saturated heterocycles. The first-order chi connectivity index (χ1) is 20.3. The Morgan fingerprint density at radius 2 is 1.77 bits per heavy atom. The minimum atomic E-state index is -1.88. The standard InChI is InChI=1S/C28H31F3N4O8/c1-11-22(37)16(10-15-20(30)19(29)12(2)32-24(15)31)34-26(39)21(35-25(38)14-6-4-5-7-17(14)36)13(3)33-27(40)23(43-28(11)41)18-8-9-42-18/h4-7,11,13,16,18,21-23,36-37H,8-10H2,1-3H3,(H,33,40)(H,34,39)(H,35,38). The Balaban J connectivity index is 1.73. The first-order valence-electron chi connectivity index (χ1n) is 13.5. The summed E-state index contributed by atoms with van der Waals surface area (Å²) in [6, 6.07) is 1.01. The predicted octanol–water partition coefficient (Wildman–Crippen LogP) is 0.555. The number of aliphatic hydroxyl groups excluding tert-OH is 1. The first-order valence-corrected chi connectivity index (χ1v) is 13.5. The summed E-state index contributed by atoms with van der Waals surface area (Å²) < 4.78 is 54.5. The summed E-state index contributed by atoms with van der Waals surface area (Å²) in [6.45, 7) is 3.90. The van der Waals surface area contributed by atoms with Gasteiger partial charge in [0.1, 0.15) is 17.9 Å². The Bertz CT molecular complexity index is 1420. The zero-order chi connectivity index (χ0) is 31.6. The van der Waals surface area contributed by atoms with Gasteiger partial charge in [-0.05, 0) is 32.9 Å². The minimum Gasteiger partial charge on any atom is -0.507 e. The van der Waals surface area contributed by atoms with Gasteiger partial charge in [0.15, 0.2) is 11.6 Å². The summed E-state index contributed by atoms with van der Waals surface area (Å²) in [5.74, 6) is -10.2. The number of phenols is 1. The molecule has 2 aliphatic heterocycles. The van der Waals surface area contributed by atoms with Gasteiger partial charge in [0.2, 0.25) is 18.0 Å². The second-order valence-electron chi connectivity index (χ2n) is 10.5. The molecule has 3 amide bonds. The summed E-state index contributed by atoms with van der Waals surface area (Å²) in [5, 5.41) is 28.6. The maximum atomic E-state index is 14.8. The highest BCUT2D eigenvalue weighted by Gasteiger charge is 2.43. The van der Waals surface area contributed by atoms with Crippen LogP contribution in [0.1, 0.15) is 41.9 Å². The van der Waals surface area contributed by atoms with Crippen LogP contribution in [0.3, 0.4) is 0 Å². The van der Waals surface area contributed by atoms with E-state index in [0.29, 0.717) is 13.0 Å². The van der Waals surface area contributed by atoms with E-state index < -0.39 is 107 Å². The van der Waals surface area contributed by atoms with Crippen molar-refractivity contribution in [2.75, 3.05) is 6.61 Å². The zero-order valence-electron chi connectivity index (χ0n) is 23.4. The van der Waals surface area contributed by atoms with E-state index in [0.717, 1.165) is 6.92 Å². The number of carbonyl (C=O) groups is 4. The molecule has 1 aromatic carbocycles. The van der Waals surface area contributed by atoms with Gasteiger partial charge in [-0.3, -0.25) is 19.2 Å². The SMILES string of the molecule is Cc1nc(F)c(CC2NC(=O)C(NC(=O)c3ccccc3O)C(C)NC(=O)C(C3CCO3)OC(=O)C(C)C2O)c(F)c1F. The third-order valence-corrected chi connectivity index (χ3v) is 7.50. The smallest absolute Gasteiger partial charge is 0.312 e. The number of hydrogen-bond donors (Lipinski definition) is 5. The lowest BCUT2D eigenvalue weighted by Crippen LogP contribution is -2.63. The number of halogens is 3. The number of benzene rings is 1. The summed E-state index contributed by atoms with van der Waals surface area (Å²) in [7, 11) is 0. The number of nitrogens with zero attached hydrogens (tertiary/aromatic N) is 1. The first kappa shape index (κ1) is 31.7. The van der Waals surface area contributed by atoms with Crippen molar-refractivity contribution in [2.45, 2.75) is 70.1 Å². The highest BCUT2D eigenvalue weighted by molar-refractivity contribution is 6.00. The Morgan fingerprint density at radius 3 is 2.40 bits per heavy atom. The molecule has 4 rings (SSSR count). The van der Waals surface area contributed by atoms with Crippen molar-refractivity contribution in [3.05, 3.63) is 58.7 Å². The molecule has 0 radical (unpaired) electrons. The fourth-order valence-electron chi connectivity index (χ4n) is 4.77. The molecule has 0 spiro atoms. The lowest BCUT2D eigenvalue weighted by molar-refractivity contribution is -0.184. The molecule has 0 aliphatic carbocycles. The van der Waals surface area contributed by atoms with Gasteiger partial charge in [-0.2, -0.15) is 4.39 Å². The highest BCUT2D eigenvalue weighted by Crippen LogP contribution is 2.24. The Hall–Kier alpha value is -4.24. The largest absolute Gasteiger partial charge is 0.507 e. The van der Waals surface area contributed by atoms with Crippen LogP contribution in [0.25, 0.3) is 0 Å². The molecule has 43 heavy (non-hydrogen) atoms. The van der Waals surface area contributed by atoms with Crippen molar-refractivity contribution in [3.63, 3.8) is 0 Å². The van der Waals surface area contributed by atoms with E-state index in [1.165, 1.54) is 38.1 Å². The van der Waals surface area contributed by atoms with Crippen LogP contribution in [-0.4, -0.2) is 81.9 Å². The number of phenolic OH excluding ortho intramolecular Hbond substituents is 1. The summed E-state index contributed by atoms with van der Waals surface area (Å²) >= 11 is 0. The Labute approximate surface area is 244 Å². The quantitative estimate of drug-likeness (QED) is 0.240. The van der Waals surface area contributed by atoms with E-state index in [-0.39, 0.29) is 5.56 Å². The van der Waals surface area contributed by atoms with Gasteiger partial charge >= 0.3 is 5.97 Å². The molecule has 232 valence electrons. The van der Waals surface area contributed by atoms with E-state index in [1.54, 1.807) is 0 Å². The molecule has 3 heterocycles. The van der Waals surface area contributed by atoms with Crippen LogP contribution in [-0.2, 0) is 30.3 Å². The topological polar surface area (TPSA) is 176 Å². The van der Waals surface area contributed by atoms with Crippen molar-refractivity contribution in [2.24, 2.45) is 5.92 Å². The van der Waals surface area contributed by atoms with E-state index in [4.69, 9.17) is 9.47 Å². The molecule has 12 nitrogen and oxygen atoms in total. The van der Waals surface area contributed by atoms with E-state index >= 15 is 0 Å². The Kier molecular flexibility index (Phi) is 9.55.